The number of benzene rings is 2. The zero-order valence-corrected chi connectivity index (χ0v) is 11.8. The third kappa shape index (κ3) is 3.18. The zero-order chi connectivity index (χ0) is 14.5. The summed E-state index contributed by atoms with van der Waals surface area (Å²) in [6.45, 7) is 4.97. The van der Waals surface area contributed by atoms with Crippen LogP contribution < -0.4 is 0 Å². The van der Waals surface area contributed by atoms with E-state index in [1.807, 2.05) is 44.2 Å². The van der Waals surface area contributed by atoms with E-state index in [-0.39, 0.29) is 11.7 Å². The Kier molecular flexibility index (Phi) is 4.41. The van der Waals surface area contributed by atoms with Crippen LogP contribution in [0.15, 0.2) is 48.5 Å². The Balaban J connectivity index is 2.18. The summed E-state index contributed by atoms with van der Waals surface area (Å²) in [6, 6.07) is 14.9. The molecular weight excluding hydrogens is 250 g/mol. The summed E-state index contributed by atoms with van der Waals surface area (Å²) >= 11 is 0. The van der Waals surface area contributed by atoms with E-state index in [0.717, 1.165) is 11.1 Å². The summed E-state index contributed by atoms with van der Waals surface area (Å²) in [6.07, 6.45) is 0. The van der Waals surface area contributed by atoms with Gasteiger partial charge in [0.15, 0.2) is 0 Å². The normalized spacial score (nSPS) is 10.3. The Morgan fingerprint density at radius 2 is 1.85 bits per heavy atom. The highest BCUT2D eigenvalue weighted by Crippen LogP contribution is 2.19. The van der Waals surface area contributed by atoms with Crippen molar-refractivity contribution in [3.05, 3.63) is 65.2 Å². The second kappa shape index (κ2) is 6.24. The van der Waals surface area contributed by atoms with Crippen LogP contribution in [0.1, 0.15) is 28.4 Å². The molecule has 1 N–H and O–H groups in total. The monoisotopic (exact) mass is 269 g/mol. The maximum atomic E-state index is 12.5. The number of hydrogen-bond donors (Lipinski definition) is 1. The summed E-state index contributed by atoms with van der Waals surface area (Å²) in [5.41, 5.74) is 2.39. The molecule has 0 aliphatic heterocycles. The highest BCUT2D eigenvalue weighted by atomic mass is 16.3. The van der Waals surface area contributed by atoms with Crippen LogP contribution in [0.5, 0.6) is 5.75 Å². The molecule has 0 aliphatic rings. The van der Waals surface area contributed by atoms with Gasteiger partial charge in [0.1, 0.15) is 5.75 Å². The van der Waals surface area contributed by atoms with E-state index in [4.69, 9.17) is 0 Å². The number of aromatic hydroxyl groups is 1. The van der Waals surface area contributed by atoms with Crippen molar-refractivity contribution in [1.29, 1.82) is 0 Å². The van der Waals surface area contributed by atoms with Crippen molar-refractivity contribution in [3.63, 3.8) is 0 Å². The minimum absolute atomic E-state index is 0.0633. The maximum absolute atomic E-state index is 12.5. The average Bonchev–Trinajstić information content (AvgIpc) is 2.48. The third-order valence-corrected chi connectivity index (χ3v) is 3.34. The third-order valence-electron chi connectivity index (χ3n) is 3.34. The van der Waals surface area contributed by atoms with Gasteiger partial charge < -0.3 is 10.0 Å². The summed E-state index contributed by atoms with van der Waals surface area (Å²) in [7, 11) is 0. The van der Waals surface area contributed by atoms with Crippen molar-refractivity contribution >= 4 is 5.91 Å². The predicted octanol–water partition coefficient (Wildman–Crippen LogP) is 3.36. The van der Waals surface area contributed by atoms with E-state index in [0.29, 0.717) is 18.7 Å². The minimum atomic E-state index is -0.0633. The summed E-state index contributed by atoms with van der Waals surface area (Å²) in [4.78, 5) is 14.2. The van der Waals surface area contributed by atoms with Crippen LogP contribution in [-0.2, 0) is 6.54 Å². The molecule has 20 heavy (non-hydrogen) atoms. The van der Waals surface area contributed by atoms with Crippen LogP contribution in [0.2, 0.25) is 0 Å². The molecule has 0 heterocycles. The largest absolute Gasteiger partial charge is 0.508 e. The fourth-order valence-corrected chi connectivity index (χ4v) is 2.06. The fourth-order valence-electron chi connectivity index (χ4n) is 2.06. The topological polar surface area (TPSA) is 40.5 Å². The molecule has 2 aromatic carbocycles. The molecule has 2 aromatic rings. The molecule has 3 nitrogen and oxygen atoms in total. The molecule has 0 radical (unpaired) electrons. The average molecular weight is 269 g/mol. The highest BCUT2D eigenvalue weighted by Gasteiger charge is 2.15. The van der Waals surface area contributed by atoms with E-state index >= 15 is 0 Å². The lowest BCUT2D eigenvalue weighted by molar-refractivity contribution is 0.0752. The van der Waals surface area contributed by atoms with Crippen LogP contribution in [0, 0.1) is 6.92 Å². The van der Waals surface area contributed by atoms with E-state index in [1.54, 1.807) is 17.0 Å². The Morgan fingerprint density at radius 3 is 2.45 bits per heavy atom. The standard InChI is InChI=1S/C17H19NO2/c1-3-18(12-14-7-5-4-6-8-14)17(20)15-10-9-13(2)16(19)11-15/h4-11,19H,3,12H2,1-2H3. The molecule has 0 atom stereocenters. The first-order valence-corrected chi connectivity index (χ1v) is 6.74. The SMILES string of the molecule is CCN(Cc1ccccc1)C(=O)c1ccc(C)c(O)c1. The van der Waals surface area contributed by atoms with Crippen LogP contribution in [0.4, 0.5) is 0 Å². The number of nitrogens with zero attached hydrogens (tertiary/aromatic N) is 1. The van der Waals surface area contributed by atoms with E-state index in [9.17, 15) is 9.90 Å². The quantitative estimate of drug-likeness (QED) is 0.924. The second-order valence-corrected chi connectivity index (χ2v) is 4.81. The number of amides is 1. The molecular formula is C17H19NO2. The molecule has 0 bridgehead atoms. The van der Waals surface area contributed by atoms with Crippen molar-refractivity contribution in [2.75, 3.05) is 6.54 Å². The Labute approximate surface area is 119 Å². The Morgan fingerprint density at radius 1 is 1.15 bits per heavy atom. The van der Waals surface area contributed by atoms with Crippen molar-refractivity contribution in [1.82, 2.24) is 4.90 Å². The van der Waals surface area contributed by atoms with Crippen molar-refractivity contribution in [2.45, 2.75) is 20.4 Å². The lowest BCUT2D eigenvalue weighted by atomic mass is 10.1. The first-order valence-electron chi connectivity index (χ1n) is 6.74. The molecule has 0 saturated heterocycles. The molecule has 0 fully saturated rings. The number of aryl methyl sites for hydroxylation is 1. The molecule has 0 spiro atoms. The van der Waals surface area contributed by atoms with Gasteiger partial charge in [-0.25, -0.2) is 0 Å². The maximum Gasteiger partial charge on any atom is 0.254 e. The summed E-state index contributed by atoms with van der Waals surface area (Å²) in [5, 5.41) is 9.72. The lowest BCUT2D eigenvalue weighted by Crippen LogP contribution is -2.30. The summed E-state index contributed by atoms with van der Waals surface area (Å²) in [5.74, 6) is 0.0956. The molecule has 0 aromatic heterocycles. The summed E-state index contributed by atoms with van der Waals surface area (Å²) < 4.78 is 0. The molecule has 3 heteroatoms. The van der Waals surface area contributed by atoms with Gasteiger partial charge in [-0.1, -0.05) is 36.4 Å². The number of carbonyl (C=O) groups excluding carboxylic acids is 1. The fraction of sp³-hybridized carbons (Fsp3) is 0.235. The van der Waals surface area contributed by atoms with Crippen molar-refractivity contribution in [3.8, 4) is 5.75 Å². The number of rotatable bonds is 4. The zero-order valence-electron chi connectivity index (χ0n) is 11.8. The van der Waals surface area contributed by atoms with Gasteiger partial charge in [-0.05, 0) is 37.1 Å². The number of hydrogen-bond acceptors (Lipinski definition) is 2. The highest BCUT2D eigenvalue weighted by molar-refractivity contribution is 5.94. The second-order valence-electron chi connectivity index (χ2n) is 4.81. The smallest absolute Gasteiger partial charge is 0.254 e. The Bertz CT molecular complexity index is 593. The van der Waals surface area contributed by atoms with Crippen LogP contribution in [-0.4, -0.2) is 22.5 Å². The Hall–Kier alpha value is -2.29. The van der Waals surface area contributed by atoms with Crippen LogP contribution in [0.25, 0.3) is 0 Å². The van der Waals surface area contributed by atoms with Gasteiger partial charge in [-0.15, -0.1) is 0 Å². The van der Waals surface area contributed by atoms with Gasteiger partial charge in [-0.3, -0.25) is 4.79 Å². The first-order chi connectivity index (χ1) is 9.61. The van der Waals surface area contributed by atoms with Gasteiger partial charge in [0, 0.05) is 18.7 Å². The molecule has 104 valence electrons. The van der Waals surface area contributed by atoms with Gasteiger partial charge in [0.05, 0.1) is 0 Å². The minimum Gasteiger partial charge on any atom is -0.508 e. The van der Waals surface area contributed by atoms with Crippen LogP contribution in [0.3, 0.4) is 0 Å². The molecule has 0 unspecified atom stereocenters. The van der Waals surface area contributed by atoms with Gasteiger partial charge in [0.2, 0.25) is 0 Å². The number of phenols is 1. The lowest BCUT2D eigenvalue weighted by Gasteiger charge is -2.21. The van der Waals surface area contributed by atoms with Crippen molar-refractivity contribution < 1.29 is 9.90 Å². The van der Waals surface area contributed by atoms with E-state index in [2.05, 4.69) is 0 Å². The molecule has 0 aliphatic carbocycles. The van der Waals surface area contributed by atoms with Crippen molar-refractivity contribution in [2.24, 2.45) is 0 Å². The predicted molar refractivity (Wildman–Crippen MR) is 79.7 cm³/mol. The molecule has 0 saturated carbocycles. The first kappa shape index (κ1) is 14.1. The van der Waals surface area contributed by atoms with Gasteiger partial charge >= 0.3 is 0 Å². The van der Waals surface area contributed by atoms with E-state index in [1.165, 1.54) is 6.07 Å². The van der Waals surface area contributed by atoms with Crippen LogP contribution >= 0.6 is 0 Å². The molecule has 2 rings (SSSR count). The van der Waals surface area contributed by atoms with E-state index < -0.39 is 0 Å². The van der Waals surface area contributed by atoms with Gasteiger partial charge in [0.25, 0.3) is 5.91 Å². The molecule has 1 amide bonds. The number of carbonyl (C=O) groups is 1. The number of phenolic OH excluding ortho intramolecular Hbond substituents is 1. The van der Waals surface area contributed by atoms with Gasteiger partial charge in [-0.2, -0.15) is 0 Å².